The van der Waals surface area contributed by atoms with E-state index >= 15 is 0 Å². The lowest BCUT2D eigenvalue weighted by Crippen LogP contribution is -2.57. The van der Waals surface area contributed by atoms with Crippen LogP contribution in [0, 0.1) is 11.3 Å². The highest BCUT2D eigenvalue weighted by Crippen LogP contribution is 2.35. The number of rotatable bonds is 4. The fourth-order valence-electron chi connectivity index (χ4n) is 3.79. The van der Waals surface area contributed by atoms with Gasteiger partial charge >= 0.3 is 0 Å². The number of carbonyl (C=O) groups is 1. The number of nitriles is 1. The minimum absolute atomic E-state index is 0.200. The molecular formula is C22H19Cl2N5O3. The molecule has 2 N–H and O–H groups in total. The Morgan fingerprint density at radius 1 is 1.22 bits per heavy atom. The van der Waals surface area contributed by atoms with Crippen molar-refractivity contribution < 1.29 is 15.0 Å². The van der Waals surface area contributed by atoms with Crippen molar-refractivity contribution >= 4 is 45.8 Å². The van der Waals surface area contributed by atoms with Crippen LogP contribution in [0.3, 0.4) is 0 Å². The molecule has 2 unspecified atom stereocenters. The molecule has 164 valence electrons. The van der Waals surface area contributed by atoms with Crippen LogP contribution in [0.1, 0.15) is 0 Å². The molecule has 3 aromatic rings. The van der Waals surface area contributed by atoms with Gasteiger partial charge in [-0.1, -0.05) is 35.3 Å². The van der Waals surface area contributed by atoms with Crippen molar-refractivity contribution in [1.82, 2.24) is 14.9 Å². The largest absolute Gasteiger partial charge is 0.393 e. The molecule has 2 heterocycles. The Hall–Kier alpha value is -2.96. The molecule has 0 saturated carbocycles. The number of carbonyl (C=O) groups excluding carboxylic acids is 1. The van der Waals surface area contributed by atoms with Gasteiger partial charge in [-0.15, -0.1) is 0 Å². The lowest BCUT2D eigenvalue weighted by molar-refractivity contribution is -0.143. The van der Waals surface area contributed by atoms with Gasteiger partial charge in [-0.2, -0.15) is 5.26 Å². The summed E-state index contributed by atoms with van der Waals surface area (Å²) in [4.78, 5) is 24.3. The van der Waals surface area contributed by atoms with Crippen molar-refractivity contribution in [1.29, 1.82) is 5.26 Å². The molecular weight excluding hydrogens is 453 g/mol. The Morgan fingerprint density at radius 2 is 1.97 bits per heavy atom. The summed E-state index contributed by atoms with van der Waals surface area (Å²) in [6.07, 6.45) is -0.106. The van der Waals surface area contributed by atoms with E-state index < -0.39 is 24.7 Å². The first-order chi connectivity index (χ1) is 15.4. The highest BCUT2D eigenvalue weighted by molar-refractivity contribution is 6.34. The van der Waals surface area contributed by atoms with Gasteiger partial charge < -0.3 is 20.0 Å². The Morgan fingerprint density at radius 3 is 2.66 bits per heavy atom. The maximum Gasteiger partial charge on any atom is 0.255 e. The van der Waals surface area contributed by atoms with Crippen LogP contribution in [0.25, 0.3) is 22.0 Å². The normalized spacial score (nSPS) is 17.3. The van der Waals surface area contributed by atoms with Gasteiger partial charge in [0.1, 0.15) is 18.2 Å². The van der Waals surface area contributed by atoms with E-state index in [-0.39, 0.29) is 13.1 Å². The van der Waals surface area contributed by atoms with Gasteiger partial charge in [-0.3, -0.25) is 4.79 Å². The molecule has 2 atom stereocenters. The van der Waals surface area contributed by atoms with Gasteiger partial charge in [0.15, 0.2) is 6.10 Å². The third-order valence-corrected chi connectivity index (χ3v) is 5.99. The first-order valence-corrected chi connectivity index (χ1v) is 10.6. The number of fused-ring (bicyclic) bond motifs is 1. The number of hydrogen-bond donors (Lipinski definition) is 2. The first-order valence-electron chi connectivity index (χ1n) is 9.87. The third kappa shape index (κ3) is 4.20. The zero-order chi connectivity index (χ0) is 22.8. The molecule has 0 bridgehead atoms. The number of nitrogens with zero attached hydrogens (tertiary/aromatic N) is 5. The first kappa shape index (κ1) is 22.2. The summed E-state index contributed by atoms with van der Waals surface area (Å²) >= 11 is 12.5. The minimum Gasteiger partial charge on any atom is -0.393 e. The zero-order valence-corrected chi connectivity index (χ0v) is 18.3. The summed E-state index contributed by atoms with van der Waals surface area (Å²) in [6, 6.07) is 12.3. The smallest absolute Gasteiger partial charge is 0.255 e. The van der Waals surface area contributed by atoms with Gasteiger partial charge in [-0.25, -0.2) is 9.97 Å². The molecule has 4 rings (SSSR count). The van der Waals surface area contributed by atoms with Crippen LogP contribution in [0.4, 0.5) is 5.82 Å². The average molecular weight is 472 g/mol. The van der Waals surface area contributed by atoms with Crippen LogP contribution < -0.4 is 4.90 Å². The van der Waals surface area contributed by atoms with E-state index in [0.29, 0.717) is 27.9 Å². The van der Waals surface area contributed by atoms with E-state index in [4.69, 9.17) is 28.3 Å². The molecule has 32 heavy (non-hydrogen) atoms. The topological polar surface area (TPSA) is 114 Å². The number of aliphatic hydroxyl groups excluding tert-OH is 2. The molecule has 0 aliphatic carbocycles. The summed E-state index contributed by atoms with van der Waals surface area (Å²) in [7, 11) is 0. The Labute approximate surface area is 194 Å². The number of amides is 1. The van der Waals surface area contributed by atoms with Crippen molar-refractivity contribution in [2.75, 3.05) is 31.1 Å². The van der Waals surface area contributed by atoms with E-state index in [2.05, 4.69) is 16.0 Å². The molecule has 1 aliphatic rings. The Balaban J connectivity index is 1.70. The summed E-state index contributed by atoms with van der Waals surface area (Å²) in [6.45, 7) is 0.109. The third-order valence-electron chi connectivity index (χ3n) is 5.43. The van der Waals surface area contributed by atoms with Crippen LogP contribution in [-0.2, 0) is 4.79 Å². The highest BCUT2D eigenvalue weighted by atomic mass is 35.5. The second-order valence-electron chi connectivity index (χ2n) is 7.37. The van der Waals surface area contributed by atoms with E-state index in [9.17, 15) is 15.2 Å². The van der Waals surface area contributed by atoms with Crippen molar-refractivity contribution in [3.8, 4) is 17.2 Å². The van der Waals surface area contributed by atoms with Crippen LogP contribution in [0.5, 0.6) is 0 Å². The summed E-state index contributed by atoms with van der Waals surface area (Å²) in [5, 5.41) is 30.3. The molecule has 1 aliphatic heterocycles. The monoisotopic (exact) mass is 471 g/mol. The second kappa shape index (κ2) is 9.27. The van der Waals surface area contributed by atoms with Crippen LogP contribution >= 0.6 is 23.2 Å². The van der Waals surface area contributed by atoms with Crippen LogP contribution in [-0.4, -0.2) is 69.4 Å². The molecule has 1 amide bonds. The van der Waals surface area contributed by atoms with Gasteiger partial charge in [0.05, 0.1) is 29.8 Å². The molecule has 2 aromatic carbocycles. The number of halogens is 2. The Kier molecular flexibility index (Phi) is 6.44. The van der Waals surface area contributed by atoms with Crippen molar-refractivity contribution in [2.45, 2.75) is 12.1 Å². The van der Waals surface area contributed by atoms with E-state index in [1.54, 1.807) is 18.2 Å². The van der Waals surface area contributed by atoms with Crippen molar-refractivity contribution in [3.63, 3.8) is 0 Å². The molecule has 0 radical (unpaired) electrons. The maximum absolute atomic E-state index is 12.3. The number of aliphatic hydroxyl groups is 2. The SMILES string of the molecule is N#CC1CN(c2ncnc3cc(Cl)c(-c4ccc(Cl)cc4)cc23)CCN1C(=O)C(O)CO. The maximum atomic E-state index is 12.3. The molecule has 1 saturated heterocycles. The number of hydrogen-bond acceptors (Lipinski definition) is 7. The Bertz CT molecular complexity index is 1200. The molecule has 8 nitrogen and oxygen atoms in total. The van der Waals surface area contributed by atoms with Gasteiger partial charge in [0.2, 0.25) is 0 Å². The molecule has 10 heteroatoms. The fourth-order valence-corrected chi connectivity index (χ4v) is 4.18. The van der Waals surface area contributed by atoms with E-state index in [1.807, 2.05) is 23.1 Å². The van der Waals surface area contributed by atoms with Crippen LogP contribution in [0.15, 0.2) is 42.7 Å². The predicted molar refractivity (Wildman–Crippen MR) is 121 cm³/mol. The van der Waals surface area contributed by atoms with E-state index in [1.165, 1.54) is 11.2 Å². The molecule has 0 spiro atoms. The van der Waals surface area contributed by atoms with Crippen molar-refractivity contribution in [3.05, 3.63) is 52.8 Å². The van der Waals surface area contributed by atoms with Gasteiger partial charge in [0, 0.05) is 29.1 Å². The second-order valence-corrected chi connectivity index (χ2v) is 8.22. The summed E-state index contributed by atoms with van der Waals surface area (Å²) in [5.74, 6) is -0.0417. The lowest BCUT2D eigenvalue weighted by atomic mass is 10.0. The molecule has 1 fully saturated rings. The fraction of sp³-hybridized carbons (Fsp3) is 0.273. The van der Waals surface area contributed by atoms with Gasteiger partial charge in [0.25, 0.3) is 5.91 Å². The number of aromatic nitrogens is 2. The van der Waals surface area contributed by atoms with Crippen molar-refractivity contribution in [2.24, 2.45) is 0 Å². The number of anilines is 1. The summed E-state index contributed by atoms with van der Waals surface area (Å²) < 4.78 is 0. The minimum atomic E-state index is -1.54. The standard InChI is InChI=1S/C22H19Cl2N5O3/c23-14-3-1-13(2-4-14)16-7-17-19(8-18(16)24)26-12-27-21(17)28-5-6-29(15(9-25)10-28)22(32)20(31)11-30/h1-4,7-8,12,15,20,30-31H,5-6,10-11H2. The zero-order valence-electron chi connectivity index (χ0n) is 16.8. The number of benzene rings is 2. The average Bonchev–Trinajstić information content (AvgIpc) is 2.82. The predicted octanol–water partition coefficient (Wildman–Crippen LogP) is 2.50. The lowest BCUT2D eigenvalue weighted by Gasteiger charge is -2.39. The highest BCUT2D eigenvalue weighted by Gasteiger charge is 2.34. The van der Waals surface area contributed by atoms with Gasteiger partial charge in [-0.05, 0) is 29.8 Å². The van der Waals surface area contributed by atoms with E-state index in [0.717, 1.165) is 16.5 Å². The quantitative estimate of drug-likeness (QED) is 0.600. The van der Waals surface area contributed by atoms with Crippen LogP contribution in [0.2, 0.25) is 10.0 Å². The number of piperazine rings is 1. The molecule has 1 aromatic heterocycles. The summed E-state index contributed by atoms with van der Waals surface area (Å²) in [5.41, 5.74) is 2.34.